The maximum Gasteiger partial charge on any atom is 0.177 e. The molecule has 0 aliphatic rings. The number of nitrogens with zero attached hydrogens (tertiary/aromatic N) is 4. The van der Waals surface area contributed by atoms with Crippen molar-refractivity contribution in [3.05, 3.63) is 39.2 Å². The first-order chi connectivity index (χ1) is 12.0. The van der Waals surface area contributed by atoms with Crippen molar-refractivity contribution in [3.8, 4) is 11.3 Å². The average molecular weight is 398 g/mol. The Hall–Kier alpha value is -1.36. The Kier molecular flexibility index (Phi) is 5.52. The Labute approximate surface area is 162 Å². The van der Waals surface area contributed by atoms with Crippen LogP contribution < -0.4 is 0 Å². The lowest BCUT2D eigenvalue weighted by atomic mass is 10.1. The van der Waals surface area contributed by atoms with E-state index in [-0.39, 0.29) is 6.04 Å². The van der Waals surface area contributed by atoms with Gasteiger partial charge < -0.3 is 4.57 Å². The summed E-state index contributed by atoms with van der Waals surface area (Å²) in [6.45, 7) is 6.43. The number of fused-ring (bicyclic) bond motifs is 1. The highest BCUT2D eigenvalue weighted by atomic mass is 35.5. The molecule has 0 saturated carbocycles. The maximum atomic E-state index is 6.41. The predicted octanol–water partition coefficient (Wildman–Crippen LogP) is 6.38. The summed E-state index contributed by atoms with van der Waals surface area (Å²) in [5, 5.41) is 9.88. The molecule has 2 heterocycles. The van der Waals surface area contributed by atoms with Crippen molar-refractivity contribution in [2.24, 2.45) is 0 Å². The average Bonchev–Trinajstić information content (AvgIpc) is 2.97. The molecule has 1 atom stereocenters. The van der Waals surface area contributed by atoms with Gasteiger partial charge in [-0.1, -0.05) is 55.1 Å². The first kappa shape index (κ1) is 18.4. The monoisotopic (exact) mass is 396 g/mol. The van der Waals surface area contributed by atoms with Crippen LogP contribution in [0, 0.1) is 0 Å². The van der Waals surface area contributed by atoms with Crippen molar-refractivity contribution < 1.29 is 0 Å². The van der Waals surface area contributed by atoms with Gasteiger partial charge in [-0.05, 0) is 31.5 Å². The summed E-state index contributed by atoms with van der Waals surface area (Å²) in [6, 6.07) is 5.59. The van der Waals surface area contributed by atoms with E-state index < -0.39 is 0 Å². The Morgan fingerprint density at radius 2 is 1.88 bits per heavy atom. The van der Waals surface area contributed by atoms with E-state index in [4.69, 9.17) is 39.8 Å². The maximum absolute atomic E-state index is 6.41. The molecule has 3 aromatic rings. The van der Waals surface area contributed by atoms with Crippen molar-refractivity contribution in [1.82, 2.24) is 19.7 Å². The normalized spacial score (nSPS) is 12.7. The lowest BCUT2D eigenvalue weighted by Crippen LogP contribution is -2.09. The van der Waals surface area contributed by atoms with Gasteiger partial charge in [0.25, 0.3) is 0 Å². The minimum atomic E-state index is 0.278. The van der Waals surface area contributed by atoms with E-state index in [1.165, 1.54) is 0 Å². The molecule has 0 spiro atoms. The van der Waals surface area contributed by atoms with Crippen LogP contribution in [0.1, 0.15) is 45.5 Å². The number of aryl methyl sites for hydroxylation is 1. The van der Waals surface area contributed by atoms with Gasteiger partial charge in [0.15, 0.2) is 5.15 Å². The second-order valence-corrected chi connectivity index (χ2v) is 7.25. The molecule has 132 valence electrons. The molecule has 0 aliphatic carbocycles. The largest absolute Gasteiger partial charge is 0.323 e. The fourth-order valence-corrected chi connectivity index (χ4v) is 3.88. The number of benzene rings is 1. The van der Waals surface area contributed by atoms with Gasteiger partial charge in [0.1, 0.15) is 22.6 Å². The second kappa shape index (κ2) is 7.48. The molecule has 0 saturated heterocycles. The van der Waals surface area contributed by atoms with Crippen LogP contribution in [-0.4, -0.2) is 19.7 Å². The highest BCUT2D eigenvalue weighted by Crippen LogP contribution is 2.36. The van der Waals surface area contributed by atoms with E-state index in [0.717, 1.165) is 41.7 Å². The van der Waals surface area contributed by atoms with E-state index in [1.54, 1.807) is 12.1 Å². The lowest BCUT2D eigenvalue weighted by molar-refractivity contribution is 0.495. The molecule has 1 aromatic carbocycles. The zero-order valence-electron chi connectivity index (χ0n) is 14.4. The molecule has 0 N–H and O–H groups in total. The van der Waals surface area contributed by atoms with Crippen LogP contribution in [-0.2, 0) is 6.42 Å². The molecule has 1 unspecified atom stereocenters. The van der Waals surface area contributed by atoms with Gasteiger partial charge >= 0.3 is 0 Å². The van der Waals surface area contributed by atoms with Crippen molar-refractivity contribution >= 4 is 45.8 Å². The Balaban J connectivity index is 2.31. The van der Waals surface area contributed by atoms with E-state index in [2.05, 4.69) is 35.5 Å². The van der Waals surface area contributed by atoms with E-state index in [0.29, 0.717) is 20.9 Å². The number of rotatable bonds is 5. The van der Waals surface area contributed by atoms with Gasteiger partial charge in [-0.15, -0.1) is 10.2 Å². The predicted molar refractivity (Wildman–Crippen MR) is 105 cm³/mol. The molecule has 0 aliphatic heterocycles. The van der Waals surface area contributed by atoms with Crippen LogP contribution in [0.3, 0.4) is 0 Å². The number of hydrogen-bond acceptors (Lipinski definition) is 3. The Bertz CT molecular complexity index is 920. The summed E-state index contributed by atoms with van der Waals surface area (Å²) in [4.78, 5) is 4.82. The topological polar surface area (TPSA) is 43.6 Å². The first-order valence-corrected chi connectivity index (χ1v) is 9.49. The molecular formula is C18H19Cl3N4. The van der Waals surface area contributed by atoms with Crippen LogP contribution in [0.5, 0.6) is 0 Å². The molecule has 3 rings (SSSR count). The fraction of sp³-hybridized carbons (Fsp3) is 0.389. The van der Waals surface area contributed by atoms with E-state index in [1.807, 2.05) is 6.07 Å². The Morgan fingerprint density at radius 1 is 1.12 bits per heavy atom. The number of aromatic nitrogens is 4. The summed E-state index contributed by atoms with van der Waals surface area (Å²) in [5.74, 6) is 0.971. The van der Waals surface area contributed by atoms with Crippen molar-refractivity contribution in [1.29, 1.82) is 0 Å². The SMILES string of the molecule is CCCC(C)n1c(CC)nc2c(-c3ccc(Cl)cc3Cl)nnc(Cl)c21. The van der Waals surface area contributed by atoms with Crippen LogP contribution in [0.2, 0.25) is 15.2 Å². The van der Waals surface area contributed by atoms with Crippen molar-refractivity contribution in [2.75, 3.05) is 0 Å². The van der Waals surface area contributed by atoms with Gasteiger partial charge in [-0.25, -0.2) is 4.98 Å². The first-order valence-electron chi connectivity index (χ1n) is 8.36. The third kappa shape index (κ3) is 3.35. The van der Waals surface area contributed by atoms with Gasteiger partial charge in [0.2, 0.25) is 0 Å². The van der Waals surface area contributed by atoms with Gasteiger partial charge in [-0.3, -0.25) is 0 Å². The summed E-state index contributed by atoms with van der Waals surface area (Å²) in [6.07, 6.45) is 2.91. The minimum Gasteiger partial charge on any atom is -0.323 e. The quantitative estimate of drug-likeness (QED) is 0.502. The standard InChI is InChI=1S/C18H19Cl3N4/c1-4-6-10(3)25-14(5-2)22-16-15(23-24-18(21)17(16)25)12-8-7-11(19)9-13(12)20/h7-10H,4-6H2,1-3H3. The number of imidazole rings is 1. The number of hydrogen-bond donors (Lipinski definition) is 0. The second-order valence-electron chi connectivity index (χ2n) is 6.05. The molecular weight excluding hydrogens is 379 g/mol. The smallest absolute Gasteiger partial charge is 0.177 e. The molecule has 0 amide bonds. The van der Waals surface area contributed by atoms with Crippen LogP contribution in [0.4, 0.5) is 0 Å². The fourth-order valence-electron chi connectivity index (χ4n) is 3.16. The van der Waals surface area contributed by atoms with Crippen LogP contribution >= 0.6 is 34.8 Å². The van der Waals surface area contributed by atoms with E-state index >= 15 is 0 Å². The number of halogens is 3. The summed E-state index contributed by atoms with van der Waals surface area (Å²) in [5.41, 5.74) is 2.91. The van der Waals surface area contributed by atoms with Gasteiger partial charge in [-0.2, -0.15) is 0 Å². The zero-order chi connectivity index (χ0) is 18.1. The zero-order valence-corrected chi connectivity index (χ0v) is 16.6. The van der Waals surface area contributed by atoms with Gasteiger partial charge in [0, 0.05) is 23.0 Å². The van der Waals surface area contributed by atoms with Crippen molar-refractivity contribution in [3.63, 3.8) is 0 Å². The minimum absolute atomic E-state index is 0.278. The summed E-state index contributed by atoms with van der Waals surface area (Å²) >= 11 is 18.8. The molecule has 0 bridgehead atoms. The highest BCUT2D eigenvalue weighted by Gasteiger charge is 2.22. The molecule has 4 nitrogen and oxygen atoms in total. The van der Waals surface area contributed by atoms with Crippen LogP contribution in [0.15, 0.2) is 18.2 Å². The molecule has 25 heavy (non-hydrogen) atoms. The third-order valence-electron chi connectivity index (χ3n) is 4.29. The van der Waals surface area contributed by atoms with Crippen molar-refractivity contribution in [2.45, 2.75) is 46.1 Å². The Morgan fingerprint density at radius 3 is 2.52 bits per heavy atom. The summed E-state index contributed by atoms with van der Waals surface area (Å²) in [7, 11) is 0. The lowest BCUT2D eigenvalue weighted by Gasteiger charge is -2.16. The highest BCUT2D eigenvalue weighted by molar-refractivity contribution is 6.37. The third-order valence-corrected chi connectivity index (χ3v) is 5.09. The van der Waals surface area contributed by atoms with Crippen LogP contribution in [0.25, 0.3) is 22.3 Å². The summed E-state index contributed by atoms with van der Waals surface area (Å²) < 4.78 is 2.18. The molecule has 2 aromatic heterocycles. The molecule has 0 radical (unpaired) electrons. The molecule has 0 fully saturated rings. The molecule has 7 heteroatoms. The van der Waals surface area contributed by atoms with E-state index in [9.17, 15) is 0 Å². The van der Waals surface area contributed by atoms with Gasteiger partial charge in [0.05, 0.1) is 5.02 Å².